The van der Waals surface area contributed by atoms with E-state index in [9.17, 15) is 0 Å². The minimum Gasteiger partial charge on any atom is -0.253 e. The molecule has 0 aliphatic carbocycles. The molecule has 30 heavy (non-hydrogen) atoms. The third-order valence-corrected chi connectivity index (χ3v) is 5.07. The zero-order valence-corrected chi connectivity index (χ0v) is 17.3. The smallest absolute Gasteiger partial charge is 0.244 e. The quantitative estimate of drug-likeness (QED) is 0.288. The second-order valence-electron chi connectivity index (χ2n) is 6.60. The molecule has 5 rings (SSSR count). The summed E-state index contributed by atoms with van der Waals surface area (Å²) >= 11 is 3.54. The van der Waals surface area contributed by atoms with E-state index in [0.717, 1.165) is 43.2 Å². The van der Waals surface area contributed by atoms with Crippen molar-refractivity contribution in [2.24, 2.45) is 5.10 Å². The van der Waals surface area contributed by atoms with E-state index >= 15 is 0 Å². The number of aromatic nitrogens is 4. The van der Waals surface area contributed by atoms with Crippen LogP contribution in [0, 0.1) is 0 Å². The van der Waals surface area contributed by atoms with Gasteiger partial charge in [-0.15, -0.1) is 0 Å². The highest BCUT2D eigenvalue weighted by molar-refractivity contribution is 9.10. The number of halogens is 1. The first kappa shape index (κ1) is 18.3. The Morgan fingerprint density at radius 1 is 0.800 bits per heavy atom. The van der Waals surface area contributed by atoms with Crippen molar-refractivity contribution in [3.63, 3.8) is 0 Å². The molecular formula is C23H15BrN6. The minimum atomic E-state index is 0.431. The lowest BCUT2D eigenvalue weighted by atomic mass is 10.1. The van der Waals surface area contributed by atoms with E-state index in [1.807, 2.05) is 66.7 Å². The molecular weight excluding hydrogens is 440 g/mol. The van der Waals surface area contributed by atoms with Gasteiger partial charge in [0, 0.05) is 27.8 Å². The highest BCUT2D eigenvalue weighted by Gasteiger charge is 2.10. The van der Waals surface area contributed by atoms with Crippen molar-refractivity contribution in [1.82, 2.24) is 19.9 Å². The Labute approximate surface area is 180 Å². The predicted molar refractivity (Wildman–Crippen MR) is 123 cm³/mol. The third kappa shape index (κ3) is 3.75. The summed E-state index contributed by atoms with van der Waals surface area (Å²) in [6.45, 7) is 0. The van der Waals surface area contributed by atoms with Gasteiger partial charge in [-0.2, -0.15) is 5.10 Å². The number of rotatable bonds is 4. The molecule has 144 valence electrons. The standard InChI is InChI=1S/C23H15BrN6/c24-17-7-9-19-18(13-17)22(16-4-2-1-3-5-16)29-23(28-19)30-27-14-15-6-8-20-21(12-15)26-11-10-25-20/h1-14H,(H,28,29,30)/b27-14+. The fourth-order valence-electron chi connectivity index (χ4n) is 3.19. The van der Waals surface area contributed by atoms with Crippen LogP contribution in [0.25, 0.3) is 33.2 Å². The molecule has 3 aromatic carbocycles. The molecule has 0 spiro atoms. The molecule has 2 aromatic heterocycles. The molecule has 1 N–H and O–H groups in total. The summed E-state index contributed by atoms with van der Waals surface area (Å²) in [7, 11) is 0. The summed E-state index contributed by atoms with van der Waals surface area (Å²) in [6.07, 6.45) is 5.07. The van der Waals surface area contributed by atoms with Crippen LogP contribution in [-0.2, 0) is 0 Å². The largest absolute Gasteiger partial charge is 0.253 e. The first-order valence-corrected chi connectivity index (χ1v) is 10.1. The average molecular weight is 455 g/mol. The van der Waals surface area contributed by atoms with Crippen LogP contribution >= 0.6 is 15.9 Å². The molecule has 0 amide bonds. The number of hydrogen-bond acceptors (Lipinski definition) is 6. The normalized spacial score (nSPS) is 11.4. The maximum absolute atomic E-state index is 4.71. The Morgan fingerprint density at radius 3 is 2.47 bits per heavy atom. The van der Waals surface area contributed by atoms with Crippen LogP contribution in [0.1, 0.15) is 5.56 Å². The van der Waals surface area contributed by atoms with Crippen molar-refractivity contribution in [2.45, 2.75) is 0 Å². The second kappa shape index (κ2) is 7.96. The molecule has 0 aliphatic rings. The highest BCUT2D eigenvalue weighted by atomic mass is 79.9. The van der Waals surface area contributed by atoms with E-state index < -0.39 is 0 Å². The SMILES string of the molecule is Brc1ccc2nc(N/N=C/c3ccc4nccnc4c3)nc(-c3ccccc3)c2c1. The van der Waals surface area contributed by atoms with Gasteiger partial charge < -0.3 is 0 Å². The molecule has 0 atom stereocenters. The third-order valence-electron chi connectivity index (χ3n) is 4.58. The highest BCUT2D eigenvalue weighted by Crippen LogP contribution is 2.29. The Hall–Kier alpha value is -3.71. The van der Waals surface area contributed by atoms with Crippen molar-refractivity contribution in [3.05, 3.63) is 89.2 Å². The Morgan fingerprint density at radius 2 is 1.60 bits per heavy atom. The Bertz CT molecular complexity index is 1390. The summed E-state index contributed by atoms with van der Waals surface area (Å²) < 4.78 is 0.980. The predicted octanol–water partition coefficient (Wildman–Crippen LogP) is 5.45. The number of benzene rings is 3. The van der Waals surface area contributed by atoms with E-state index in [0.29, 0.717) is 5.95 Å². The van der Waals surface area contributed by atoms with Crippen molar-refractivity contribution in [1.29, 1.82) is 0 Å². The number of nitrogens with zero attached hydrogens (tertiary/aromatic N) is 5. The van der Waals surface area contributed by atoms with Crippen molar-refractivity contribution in [3.8, 4) is 11.3 Å². The van der Waals surface area contributed by atoms with Gasteiger partial charge in [-0.25, -0.2) is 15.4 Å². The molecule has 0 unspecified atom stereocenters. The van der Waals surface area contributed by atoms with Gasteiger partial charge >= 0.3 is 0 Å². The molecule has 0 saturated heterocycles. The van der Waals surface area contributed by atoms with E-state index in [2.05, 4.69) is 41.4 Å². The Balaban J connectivity index is 1.49. The number of hydrazone groups is 1. The monoisotopic (exact) mass is 454 g/mol. The molecule has 2 heterocycles. The molecule has 0 aliphatic heterocycles. The van der Waals surface area contributed by atoms with E-state index in [-0.39, 0.29) is 0 Å². The summed E-state index contributed by atoms with van der Waals surface area (Å²) in [5, 5.41) is 5.29. The van der Waals surface area contributed by atoms with Gasteiger partial charge in [0.05, 0.1) is 28.5 Å². The second-order valence-corrected chi connectivity index (χ2v) is 7.51. The van der Waals surface area contributed by atoms with E-state index in [1.165, 1.54) is 0 Å². The van der Waals surface area contributed by atoms with Gasteiger partial charge in [0.2, 0.25) is 5.95 Å². The zero-order valence-electron chi connectivity index (χ0n) is 15.7. The van der Waals surface area contributed by atoms with E-state index in [1.54, 1.807) is 18.6 Å². The summed E-state index contributed by atoms with van der Waals surface area (Å²) in [4.78, 5) is 17.9. The Kier molecular flexibility index (Phi) is 4.86. The first-order valence-electron chi connectivity index (χ1n) is 9.29. The van der Waals surface area contributed by atoms with Crippen molar-refractivity contribution < 1.29 is 0 Å². The fourth-order valence-corrected chi connectivity index (χ4v) is 3.55. The van der Waals surface area contributed by atoms with Crippen LogP contribution in [0.5, 0.6) is 0 Å². The topological polar surface area (TPSA) is 76.0 Å². The average Bonchev–Trinajstić information content (AvgIpc) is 2.79. The molecule has 5 aromatic rings. The van der Waals surface area contributed by atoms with Gasteiger partial charge in [-0.3, -0.25) is 9.97 Å². The molecule has 0 fully saturated rings. The zero-order chi connectivity index (χ0) is 20.3. The lowest BCUT2D eigenvalue weighted by molar-refractivity contribution is 1.15. The van der Waals surface area contributed by atoms with Crippen LogP contribution in [0.3, 0.4) is 0 Å². The number of anilines is 1. The van der Waals surface area contributed by atoms with E-state index in [4.69, 9.17) is 4.98 Å². The summed E-state index contributed by atoms with van der Waals surface area (Å²) in [6, 6.07) is 21.8. The minimum absolute atomic E-state index is 0.431. The lowest BCUT2D eigenvalue weighted by Crippen LogP contribution is -2.00. The first-order chi connectivity index (χ1) is 14.8. The van der Waals surface area contributed by atoms with Crippen molar-refractivity contribution in [2.75, 3.05) is 5.43 Å². The van der Waals surface area contributed by atoms with Crippen molar-refractivity contribution >= 4 is 50.0 Å². The maximum Gasteiger partial charge on any atom is 0.244 e. The fraction of sp³-hybridized carbons (Fsp3) is 0. The van der Waals surface area contributed by atoms with Crippen LogP contribution in [-0.4, -0.2) is 26.2 Å². The molecule has 0 saturated carbocycles. The molecule has 0 radical (unpaired) electrons. The molecule has 6 nitrogen and oxygen atoms in total. The summed E-state index contributed by atoms with van der Waals surface area (Å²) in [5.74, 6) is 0.431. The van der Waals surface area contributed by atoms with Crippen LogP contribution in [0.15, 0.2) is 88.7 Å². The van der Waals surface area contributed by atoms with Gasteiger partial charge in [-0.05, 0) is 35.9 Å². The molecule has 7 heteroatoms. The molecule has 0 bridgehead atoms. The van der Waals surface area contributed by atoms with Gasteiger partial charge in [0.1, 0.15) is 0 Å². The number of nitrogens with one attached hydrogen (secondary N) is 1. The number of hydrogen-bond donors (Lipinski definition) is 1. The lowest BCUT2D eigenvalue weighted by Gasteiger charge is -2.09. The number of fused-ring (bicyclic) bond motifs is 2. The van der Waals surface area contributed by atoms with Gasteiger partial charge in [0.25, 0.3) is 0 Å². The summed E-state index contributed by atoms with van der Waals surface area (Å²) in [5.41, 5.74) is 8.23. The van der Waals surface area contributed by atoms with Gasteiger partial charge in [-0.1, -0.05) is 52.3 Å². The van der Waals surface area contributed by atoms with Crippen LogP contribution < -0.4 is 5.43 Å². The van der Waals surface area contributed by atoms with Crippen LogP contribution in [0.2, 0.25) is 0 Å². The maximum atomic E-state index is 4.71. The van der Waals surface area contributed by atoms with Crippen LogP contribution in [0.4, 0.5) is 5.95 Å². The van der Waals surface area contributed by atoms with Gasteiger partial charge in [0.15, 0.2) is 0 Å².